The topological polar surface area (TPSA) is 128 Å². The summed E-state index contributed by atoms with van der Waals surface area (Å²) in [6, 6.07) is 5.27. The lowest BCUT2D eigenvalue weighted by atomic mass is 10.0. The second-order valence-corrected chi connectivity index (χ2v) is 6.70. The van der Waals surface area contributed by atoms with Crippen LogP contribution in [0.3, 0.4) is 0 Å². The van der Waals surface area contributed by atoms with Crippen molar-refractivity contribution >= 4 is 29.5 Å². The van der Waals surface area contributed by atoms with E-state index in [1.165, 1.54) is 0 Å². The molecule has 1 heterocycles. The van der Waals surface area contributed by atoms with Crippen molar-refractivity contribution in [3.05, 3.63) is 29.8 Å². The van der Waals surface area contributed by atoms with E-state index in [9.17, 15) is 19.2 Å². The summed E-state index contributed by atoms with van der Waals surface area (Å²) in [7, 11) is 0. The van der Waals surface area contributed by atoms with Crippen molar-refractivity contribution in [3.8, 4) is 0 Å². The van der Waals surface area contributed by atoms with E-state index >= 15 is 0 Å². The minimum atomic E-state index is -1.11. The van der Waals surface area contributed by atoms with Crippen LogP contribution in [0, 0.1) is 5.92 Å². The van der Waals surface area contributed by atoms with Gasteiger partial charge in [-0.1, -0.05) is 13.8 Å². The zero-order chi connectivity index (χ0) is 20.0. The minimum absolute atomic E-state index is 0.109. The van der Waals surface area contributed by atoms with Crippen LogP contribution in [0.5, 0.6) is 0 Å². The molecule has 27 heavy (non-hydrogen) atoms. The molecule has 9 heteroatoms. The molecule has 0 aliphatic carbocycles. The zero-order valence-electron chi connectivity index (χ0n) is 15.3. The normalized spacial score (nSPS) is 14.6. The van der Waals surface area contributed by atoms with Gasteiger partial charge in [0.25, 0.3) is 5.91 Å². The Bertz CT molecular complexity index is 717. The second-order valence-electron chi connectivity index (χ2n) is 6.70. The fourth-order valence-electron chi connectivity index (χ4n) is 2.71. The number of anilines is 1. The van der Waals surface area contributed by atoms with Gasteiger partial charge in [-0.15, -0.1) is 0 Å². The van der Waals surface area contributed by atoms with Gasteiger partial charge in [0.15, 0.2) is 0 Å². The molecule has 1 aromatic rings. The van der Waals surface area contributed by atoms with Crippen molar-refractivity contribution in [2.45, 2.75) is 26.3 Å². The Labute approximate surface area is 157 Å². The van der Waals surface area contributed by atoms with Crippen molar-refractivity contribution in [2.24, 2.45) is 5.92 Å². The van der Waals surface area contributed by atoms with Crippen LogP contribution in [0.1, 0.15) is 30.6 Å². The van der Waals surface area contributed by atoms with Gasteiger partial charge in [-0.2, -0.15) is 0 Å². The Hall–Kier alpha value is -3.10. The molecule has 1 saturated heterocycles. The van der Waals surface area contributed by atoms with E-state index < -0.39 is 23.8 Å². The number of nitrogens with zero attached hydrogens (tertiary/aromatic N) is 1. The number of carbonyl (C=O) groups excluding carboxylic acids is 3. The van der Waals surface area contributed by atoms with E-state index in [1.807, 2.05) is 13.8 Å². The van der Waals surface area contributed by atoms with Crippen LogP contribution in [-0.2, 0) is 9.59 Å². The van der Waals surface area contributed by atoms with E-state index in [4.69, 9.17) is 5.11 Å². The van der Waals surface area contributed by atoms with Crippen LogP contribution >= 0.6 is 0 Å². The van der Waals surface area contributed by atoms with Gasteiger partial charge >= 0.3 is 12.0 Å². The molecule has 1 aliphatic heterocycles. The van der Waals surface area contributed by atoms with Crippen molar-refractivity contribution in [3.63, 3.8) is 0 Å². The number of carboxylic acids is 1. The summed E-state index contributed by atoms with van der Waals surface area (Å²) < 4.78 is 0. The van der Waals surface area contributed by atoms with E-state index in [1.54, 1.807) is 29.2 Å². The number of amides is 4. The predicted octanol–water partition coefficient (Wildman–Crippen LogP) is 0.562. The van der Waals surface area contributed by atoms with E-state index in [0.29, 0.717) is 30.8 Å². The highest BCUT2D eigenvalue weighted by Gasteiger charge is 2.22. The largest absolute Gasteiger partial charge is 0.480 e. The molecule has 0 radical (unpaired) electrons. The first-order valence-electron chi connectivity index (χ1n) is 8.73. The lowest BCUT2D eigenvalue weighted by Crippen LogP contribution is -2.46. The molecule has 0 saturated carbocycles. The molecule has 146 valence electrons. The van der Waals surface area contributed by atoms with Crippen molar-refractivity contribution in [1.82, 2.24) is 16.0 Å². The van der Waals surface area contributed by atoms with Gasteiger partial charge in [-0.25, -0.2) is 9.59 Å². The number of hydrogen-bond donors (Lipinski definition) is 4. The fourth-order valence-corrected chi connectivity index (χ4v) is 2.71. The van der Waals surface area contributed by atoms with Gasteiger partial charge in [0.2, 0.25) is 5.91 Å². The summed E-state index contributed by atoms with van der Waals surface area (Å²) in [6.07, 6.45) is 0.306. The number of carboxylic acid groups (broad SMARTS) is 1. The molecule has 2 rings (SSSR count). The van der Waals surface area contributed by atoms with Crippen LogP contribution < -0.4 is 20.9 Å². The molecule has 1 fully saturated rings. The maximum absolute atomic E-state index is 12.1. The highest BCUT2D eigenvalue weighted by molar-refractivity contribution is 5.98. The molecule has 4 N–H and O–H groups in total. The predicted molar refractivity (Wildman–Crippen MR) is 98.5 cm³/mol. The number of benzene rings is 1. The number of hydrogen-bond acceptors (Lipinski definition) is 4. The summed E-state index contributed by atoms with van der Waals surface area (Å²) in [5.74, 6) is -2.03. The van der Waals surface area contributed by atoms with Crippen molar-refractivity contribution < 1.29 is 24.3 Å². The maximum Gasteiger partial charge on any atom is 0.326 e. The second kappa shape index (κ2) is 9.02. The molecule has 9 nitrogen and oxygen atoms in total. The highest BCUT2D eigenvalue weighted by atomic mass is 16.4. The number of urea groups is 1. The highest BCUT2D eigenvalue weighted by Crippen LogP contribution is 2.17. The monoisotopic (exact) mass is 376 g/mol. The Balaban J connectivity index is 1.86. The van der Waals surface area contributed by atoms with E-state index in [0.717, 1.165) is 0 Å². The fraction of sp³-hybridized carbons (Fsp3) is 0.444. The summed E-state index contributed by atoms with van der Waals surface area (Å²) in [6.45, 7) is 4.53. The quantitative estimate of drug-likeness (QED) is 0.527. The first-order valence-corrected chi connectivity index (χ1v) is 8.73. The average Bonchev–Trinajstić information content (AvgIpc) is 3.04. The molecule has 4 amide bonds. The number of aliphatic carboxylic acids is 1. The van der Waals surface area contributed by atoms with Crippen LogP contribution in [0.2, 0.25) is 0 Å². The van der Waals surface area contributed by atoms with Gasteiger partial charge in [0.05, 0.1) is 6.54 Å². The number of rotatable bonds is 8. The molecule has 0 spiro atoms. The van der Waals surface area contributed by atoms with Crippen molar-refractivity contribution in [1.29, 1.82) is 0 Å². The van der Waals surface area contributed by atoms with Gasteiger partial charge < -0.3 is 21.1 Å². The first-order chi connectivity index (χ1) is 12.8. The minimum Gasteiger partial charge on any atom is -0.480 e. The number of nitrogens with one attached hydrogen (secondary N) is 3. The van der Waals surface area contributed by atoms with Crippen LogP contribution in [0.4, 0.5) is 10.5 Å². The standard InChI is InChI=1S/C18H24N4O5/c1-11(2)9-14(17(25)26)21-15(23)10-20-16(24)12-3-5-13(6-4-12)22-8-7-19-18(22)27/h3-6,11,14H,7-10H2,1-2H3,(H,19,27)(H,20,24)(H,21,23)(H,25,26)/t14-/m0/s1. The third kappa shape index (κ3) is 5.70. The van der Waals surface area contributed by atoms with Gasteiger partial charge in [0.1, 0.15) is 6.04 Å². The smallest absolute Gasteiger partial charge is 0.326 e. The molecule has 0 aromatic heterocycles. The van der Waals surface area contributed by atoms with Gasteiger partial charge in [0, 0.05) is 24.3 Å². The maximum atomic E-state index is 12.1. The van der Waals surface area contributed by atoms with Crippen molar-refractivity contribution in [2.75, 3.05) is 24.5 Å². The van der Waals surface area contributed by atoms with Crippen LogP contribution in [-0.4, -0.2) is 54.6 Å². The van der Waals surface area contributed by atoms with E-state index in [-0.39, 0.29) is 18.5 Å². The zero-order valence-corrected chi connectivity index (χ0v) is 15.3. The molecule has 0 unspecified atom stereocenters. The summed E-state index contributed by atoms with van der Waals surface area (Å²) in [4.78, 5) is 48.4. The van der Waals surface area contributed by atoms with Crippen LogP contribution in [0.15, 0.2) is 24.3 Å². The summed E-state index contributed by atoms with van der Waals surface area (Å²) >= 11 is 0. The molecule has 1 aliphatic rings. The summed E-state index contributed by atoms with van der Waals surface area (Å²) in [5.41, 5.74) is 1.01. The van der Waals surface area contributed by atoms with Gasteiger partial charge in [-0.3, -0.25) is 14.5 Å². The Kier molecular flexibility index (Phi) is 6.75. The van der Waals surface area contributed by atoms with Crippen LogP contribution in [0.25, 0.3) is 0 Å². The lowest BCUT2D eigenvalue weighted by molar-refractivity contribution is -0.142. The van der Waals surface area contributed by atoms with Gasteiger partial charge in [-0.05, 0) is 36.6 Å². The van der Waals surface area contributed by atoms with E-state index in [2.05, 4.69) is 16.0 Å². The third-order valence-electron chi connectivity index (χ3n) is 4.05. The molecular formula is C18H24N4O5. The molecule has 1 aromatic carbocycles. The summed E-state index contributed by atoms with van der Waals surface area (Å²) in [5, 5.41) is 16.7. The molecule has 1 atom stereocenters. The Morgan fingerprint density at radius 1 is 1.22 bits per heavy atom. The average molecular weight is 376 g/mol. The number of carbonyl (C=O) groups is 4. The lowest BCUT2D eigenvalue weighted by Gasteiger charge is -2.17. The first kappa shape index (κ1) is 20.2. The Morgan fingerprint density at radius 3 is 2.41 bits per heavy atom. The Morgan fingerprint density at radius 2 is 1.89 bits per heavy atom. The molecular weight excluding hydrogens is 352 g/mol. The SMILES string of the molecule is CC(C)C[C@H](NC(=O)CNC(=O)c1ccc(N2CCNC2=O)cc1)C(=O)O. The third-order valence-corrected chi connectivity index (χ3v) is 4.05. The molecule has 0 bridgehead atoms.